The van der Waals surface area contributed by atoms with Crippen LogP contribution in [0.3, 0.4) is 0 Å². The van der Waals surface area contributed by atoms with Crippen LogP contribution >= 0.6 is 0 Å². The van der Waals surface area contributed by atoms with Crippen LogP contribution in [0, 0.1) is 0 Å². The van der Waals surface area contributed by atoms with E-state index in [1.54, 1.807) is 0 Å². The SMILES string of the molecule is CCCCCCCCC(CCCCCCCCCCCCCCO)S(=O)(=O)[O-].[K+]. The summed E-state index contributed by atoms with van der Waals surface area (Å²) in [6.45, 7) is 2.50. The molecule has 0 aliphatic rings. The van der Waals surface area contributed by atoms with Gasteiger partial charge < -0.3 is 9.66 Å². The van der Waals surface area contributed by atoms with E-state index in [1.807, 2.05) is 0 Å². The van der Waals surface area contributed by atoms with Crippen molar-refractivity contribution in [3.8, 4) is 0 Å². The van der Waals surface area contributed by atoms with Gasteiger partial charge in [-0.25, -0.2) is 8.42 Å². The van der Waals surface area contributed by atoms with Gasteiger partial charge in [-0.2, -0.15) is 0 Å². The Kier molecular flexibility index (Phi) is 27.2. The third-order valence-corrected chi connectivity index (χ3v) is 7.01. The molecule has 1 N–H and O–H groups in total. The molecule has 0 aliphatic heterocycles. The van der Waals surface area contributed by atoms with Gasteiger partial charge in [0.2, 0.25) is 0 Å². The van der Waals surface area contributed by atoms with Crippen LogP contribution in [0.25, 0.3) is 0 Å². The van der Waals surface area contributed by atoms with Crippen LogP contribution in [0.1, 0.15) is 135 Å². The van der Waals surface area contributed by atoms with Gasteiger partial charge in [-0.1, -0.05) is 116 Å². The Hall–Kier alpha value is 1.51. The van der Waals surface area contributed by atoms with Crippen molar-refractivity contribution < 1.29 is 69.5 Å². The summed E-state index contributed by atoms with van der Waals surface area (Å²) in [6, 6.07) is 0. The van der Waals surface area contributed by atoms with Crippen molar-refractivity contribution in [2.45, 2.75) is 141 Å². The predicted molar refractivity (Wildman–Crippen MR) is 119 cm³/mol. The molecule has 0 aromatic heterocycles. The zero-order valence-electron chi connectivity index (χ0n) is 19.5. The van der Waals surface area contributed by atoms with E-state index in [0.717, 1.165) is 51.4 Å². The second kappa shape index (κ2) is 24.2. The maximum Gasteiger partial charge on any atom is 1.00 e. The molecule has 170 valence electrons. The summed E-state index contributed by atoms with van der Waals surface area (Å²) in [5.41, 5.74) is 0. The van der Waals surface area contributed by atoms with E-state index >= 15 is 0 Å². The fourth-order valence-electron chi connectivity index (χ4n) is 3.84. The van der Waals surface area contributed by atoms with Gasteiger partial charge >= 0.3 is 51.4 Å². The summed E-state index contributed by atoms with van der Waals surface area (Å²) >= 11 is 0. The molecule has 0 aromatic carbocycles. The topological polar surface area (TPSA) is 77.4 Å². The number of aliphatic hydroxyl groups is 1. The van der Waals surface area contributed by atoms with Crippen molar-refractivity contribution in [2.24, 2.45) is 0 Å². The molecule has 29 heavy (non-hydrogen) atoms. The monoisotopic (exact) mass is 458 g/mol. The first-order chi connectivity index (χ1) is 13.5. The Bertz CT molecular complexity index is 415. The zero-order valence-corrected chi connectivity index (χ0v) is 23.4. The van der Waals surface area contributed by atoms with Gasteiger partial charge in [-0.3, -0.25) is 0 Å². The Balaban J connectivity index is 0. The maximum absolute atomic E-state index is 11.5. The van der Waals surface area contributed by atoms with Gasteiger partial charge in [0.15, 0.2) is 0 Å². The molecule has 6 heteroatoms. The smallest absolute Gasteiger partial charge is 0.748 e. The third kappa shape index (κ3) is 24.0. The fourth-order valence-corrected chi connectivity index (χ4v) is 4.75. The molecule has 0 heterocycles. The van der Waals surface area contributed by atoms with Crippen LogP contribution in [-0.4, -0.2) is 29.9 Å². The molecule has 0 saturated carbocycles. The molecule has 4 nitrogen and oxygen atoms in total. The molecule has 0 rings (SSSR count). The Morgan fingerprint density at radius 3 is 1.24 bits per heavy atom. The minimum absolute atomic E-state index is 0. The van der Waals surface area contributed by atoms with E-state index in [9.17, 15) is 13.0 Å². The van der Waals surface area contributed by atoms with Crippen LogP contribution < -0.4 is 51.4 Å². The quantitative estimate of drug-likeness (QED) is 0.152. The minimum Gasteiger partial charge on any atom is -0.748 e. The number of aliphatic hydroxyl groups excluding tert-OH is 1. The molecular formula is C23H47KO4S. The van der Waals surface area contributed by atoms with E-state index in [1.165, 1.54) is 64.2 Å². The third-order valence-electron chi connectivity index (χ3n) is 5.72. The van der Waals surface area contributed by atoms with Crippen molar-refractivity contribution in [1.29, 1.82) is 0 Å². The van der Waals surface area contributed by atoms with Gasteiger partial charge in [0.1, 0.15) is 0 Å². The van der Waals surface area contributed by atoms with Crippen LogP contribution in [0.2, 0.25) is 0 Å². The van der Waals surface area contributed by atoms with Crippen molar-refractivity contribution in [2.75, 3.05) is 6.61 Å². The van der Waals surface area contributed by atoms with Crippen molar-refractivity contribution in [3.63, 3.8) is 0 Å². The molecule has 1 unspecified atom stereocenters. The summed E-state index contributed by atoms with van der Waals surface area (Å²) in [4.78, 5) is 0. The van der Waals surface area contributed by atoms with E-state index in [2.05, 4.69) is 6.92 Å². The molecule has 0 spiro atoms. The van der Waals surface area contributed by atoms with Crippen molar-refractivity contribution in [3.05, 3.63) is 0 Å². The van der Waals surface area contributed by atoms with Crippen LogP contribution in [0.5, 0.6) is 0 Å². The predicted octanol–water partition coefficient (Wildman–Crippen LogP) is 3.72. The summed E-state index contributed by atoms with van der Waals surface area (Å²) in [5.74, 6) is 0. The number of hydrogen-bond acceptors (Lipinski definition) is 4. The van der Waals surface area contributed by atoms with Gasteiger partial charge in [0.25, 0.3) is 0 Å². The second-order valence-corrected chi connectivity index (χ2v) is 10.1. The van der Waals surface area contributed by atoms with Crippen molar-refractivity contribution in [1.82, 2.24) is 0 Å². The van der Waals surface area contributed by atoms with Gasteiger partial charge in [-0.15, -0.1) is 0 Å². The molecular weight excluding hydrogens is 411 g/mol. The summed E-state index contributed by atoms with van der Waals surface area (Å²) in [6.07, 6.45) is 21.9. The molecule has 0 aliphatic carbocycles. The summed E-state index contributed by atoms with van der Waals surface area (Å²) < 4.78 is 34.4. The average molecular weight is 459 g/mol. The average Bonchev–Trinajstić information content (AvgIpc) is 2.65. The van der Waals surface area contributed by atoms with Gasteiger partial charge in [0, 0.05) is 11.9 Å². The summed E-state index contributed by atoms with van der Waals surface area (Å²) in [5, 5.41) is 8.06. The molecule has 0 fully saturated rings. The maximum atomic E-state index is 11.5. The first kappa shape index (κ1) is 32.7. The van der Waals surface area contributed by atoms with E-state index < -0.39 is 15.4 Å². The van der Waals surface area contributed by atoms with E-state index in [0.29, 0.717) is 19.4 Å². The van der Waals surface area contributed by atoms with Crippen molar-refractivity contribution >= 4 is 10.1 Å². The standard InChI is InChI=1S/C23H48O4S.K/c1-2-3-4-5-14-17-20-23(28(25,26)27)21-18-15-12-10-8-6-7-9-11-13-16-19-22-24;/h23-24H,2-22H2,1H3,(H,25,26,27);/q;+1/p-1. The van der Waals surface area contributed by atoms with Gasteiger partial charge in [-0.05, 0) is 19.3 Å². The Morgan fingerprint density at radius 2 is 0.931 bits per heavy atom. The molecule has 0 aromatic rings. The second-order valence-electron chi connectivity index (χ2n) is 8.43. The fraction of sp³-hybridized carbons (Fsp3) is 1.00. The number of rotatable bonds is 22. The number of unbranched alkanes of at least 4 members (excludes halogenated alkanes) is 16. The van der Waals surface area contributed by atoms with Gasteiger partial charge in [0.05, 0.1) is 10.1 Å². The molecule has 0 bridgehead atoms. The number of hydrogen-bond donors (Lipinski definition) is 1. The van der Waals surface area contributed by atoms with E-state index in [-0.39, 0.29) is 51.4 Å². The van der Waals surface area contributed by atoms with Crippen LogP contribution in [0.4, 0.5) is 0 Å². The Morgan fingerprint density at radius 1 is 0.621 bits per heavy atom. The molecule has 0 saturated heterocycles. The normalized spacial score (nSPS) is 12.7. The first-order valence-corrected chi connectivity index (χ1v) is 13.5. The Labute approximate surface area is 224 Å². The minimum atomic E-state index is -4.14. The zero-order chi connectivity index (χ0) is 20.9. The summed E-state index contributed by atoms with van der Waals surface area (Å²) in [7, 11) is -4.14. The van der Waals surface area contributed by atoms with Crippen LogP contribution in [0.15, 0.2) is 0 Å². The van der Waals surface area contributed by atoms with E-state index in [4.69, 9.17) is 5.11 Å². The largest absolute Gasteiger partial charge is 1.00 e. The van der Waals surface area contributed by atoms with Crippen LogP contribution in [-0.2, 0) is 10.1 Å². The molecule has 0 radical (unpaired) electrons. The molecule has 1 atom stereocenters. The molecule has 0 amide bonds. The first-order valence-electron chi connectivity index (χ1n) is 12.1.